The first-order valence-corrected chi connectivity index (χ1v) is 8.60. The van der Waals surface area contributed by atoms with Gasteiger partial charge in [-0.2, -0.15) is 23.7 Å². The van der Waals surface area contributed by atoms with Crippen molar-refractivity contribution >= 4 is 45.9 Å². The van der Waals surface area contributed by atoms with E-state index >= 15 is 0 Å². The van der Waals surface area contributed by atoms with Gasteiger partial charge in [-0.05, 0) is 40.3 Å². The Labute approximate surface area is 170 Å². The van der Waals surface area contributed by atoms with Crippen LogP contribution in [0.15, 0.2) is 23.2 Å². The van der Waals surface area contributed by atoms with E-state index in [1.165, 1.54) is 12.1 Å². The highest BCUT2D eigenvalue weighted by atomic mass is 127. The predicted molar refractivity (Wildman–Crippen MR) is 104 cm³/mol. The zero-order valence-electron chi connectivity index (χ0n) is 13.8. The van der Waals surface area contributed by atoms with Crippen LogP contribution in [0.4, 0.5) is 30.5 Å². The van der Waals surface area contributed by atoms with Gasteiger partial charge in [-0.15, -0.1) is 0 Å². The second-order valence-electron chi connectivity index (χ2n) is 5.64. The van der Waals surface area contributed by atoms with Crippen LogP contribution in [0.25, 0.3) is 0 Å². The van der Waals surface area contributed by atoms with Crippen molar-refractivity contribution in [1.82, 2.24) is 10.3 Å². The van der Waals surface area contributed by atoms with E-state index in [2.05, 4.69) is 20.6 Å². The highest BCUT2D eigenvalue weighted by molar-refractivity contribution is 14.1. The molecule has 142 valence electrons. The van der Waals surface area contributed by atoms with Crippen molar-refractivity contribution in [3.05, 3.63) is 44.0 Å². The van der Waals surface area contributed by atoms with Gasteiger partial charge in [0.1, 0.15) is 29.3 Å². The number of nitrogens with zero attached hydrogens (tertiary/aromatic N) is 4. The van der Waals surface area contributed by atoms with Gasteiger partial charge >= 0.3 is 6.18 Å². The first-order chi connectivity index (χ1) is 13.2. The lowest BCUT2D eigenvalue weighted by atomic mass is 9.94. The molecule has 2 heterocycles. The maximum atomic E-state index is 13.1. The number of rotatable bonds is 1. The van der Waals surface area contributed by atoms with Gasteiger partial charge in [0, 0.05) is 9.13 Å². The molecule has 6 N–H and O–H groups in total. The summed E-state index contributed by atoms with van der Waals surface area (Å²) in [5.74, 6) is 0.0535. The molecule has 0 radical (unpaired) electrons. The molecule has 2 aromatic rings. The highest BCUT2D eigenvalue weighted by Crippen LogP contribution is 2.42. The molecule has 0 saturated heterocycles. The fourth-order valence-electron chi connectivity index (χ4n) is 2.75. The maximum absolute atomic E-state index is 13.1. The van der Waals surface area contributed by atoms with Crippen LogP contribution in [-0.2, 0) is 6.18 Å². The van der Waals surface area contributed by atoms with E-state index in [9.17, 15) is 18.4 Å². The molecule has 3 rings (SSSR count). The third-order valence-electron chi connectivity index (χ3n) is 3.97. The van der Waals surface area contributed by atoms with Gasteiger partial charge in [-0.3, -0.25) is 5.32 Å². The lowest BCUT2D eigenvalue weighted by Gasteiger charge is -2.26. The van der Waals surface area contributed by atoms with Gasteiger partial charge in [0.15, 0.2) is 6.19 Å². The zero-order chi connectivity index (χ0) is 20.6. The van der Waals surface area contributed by atoms with Gasteiger partial charge in [-0.1, -0.05) is 6.07 Å². The summed E-state index contributed by atoms with van der Waals surface area (Å²) < 4.78 is 39.2. The summed E-state index contributed by atoms with van der Waals surface area (Å²) in [5.41, 5.74) is 11.7. The van der Waals surface area contributed by atoms with Gasteiger partial charge in [0.2, 0.25) is 5.96 Å². The molecule has 1 unspecified atom stereocenters. The van der Waals surface area contributed by atoms with Crippen LogP contribution < -0.4 is 22.1 Å². The van der Waals surface area contributed by atoms with Crippen molar-refractivity contribution < 1.29 is 13.2 Å². The van der Waals surface area contributed by atoms with Crippen molar-refractivity contribution in [2.24, 2.45) is 4.99 Å². The first-order valence-electron chi connectivity index (χ1n) is 7.52. The molecule has 1 aliphatic rings. The number of nitrogens with two attached hydrogens (primary N) is 2. The maximum Gasteiger partial charge on any atom is 0.417 e. The third kappa shape index (κ3) is 3.34. The van der Waals surface area contributed by atoms with E-state index in [4.69, 9.17) is 16.7 Å². The number of aromatic nitrogens is 1. The van der Waals surface area contributed by atoms with E-state index in [0.29, 0.717) is 5.56 Å². The molecule has 8 nitrogen and oxygen atoms in total. The van der Waals surface area contributed by atoms with Crippen molar-refractivity contribution in [3.8, 4) is 12.3 Å². The summed E-state index contributed by atoms with van der Waals surface area (Å²) in [5, 5.41) is 23.2. The third-order valence-corrected chi connectivity index (χ3v) is 4.86. The van der Waals surface area contributed by atoms with E-state index in [0.717, 1.165) is 6.07 Å². The Morgan fingerprint density at radius 2 is 1.96 bits per heavy atom. The van der Waals surface area contributed by atoms with Gasteiger partial charge in [-0.25, -0.2) is 9.98 Å². The lowest BCUT2D eigenvalue weighted by Crippen LogP contribution is -2.32. The number of alkyl halides is 3. The van der Waals surface area contributed by atoms with Crippen LogP contribution in [0.5, 0.6) is 0 Å². The number of nitriles is 2. The molecule has 0 bridgehead atoms. The summed E-state index contributed by atoms with van der Waals surface area (Å²) in [6.07, 6.45) is -2.80. The van der Waals surface area contributed by atoms with E-state index < -0.39 is 17.8 Å². The molecular weight excluding hydrogens is 488 g/mol. The average molecular weight is 498 g/mol. The zero-order valence-corrected chi connectivity index (χ0v) is 15.9. The van der Waals surface area contributed by atoms with Crippen molar-refractivity contribution in [2.75, 3.05) is 16.8 Å². The number of benzene rings is 1. The summed E-state index contributed by atoms with van der Waals surface area (Å²) in [7, 11) is 0. The molecule has 1 aliphatic heterocycles. The molecule has 1 atom stereocenters. The number of aliphatic imine (C=N–C) groups is 1. The van der Waals surface area contributed by atoms with Crippen molar-refractivity contribution in [1.29, 1.82) is 10.5 Å². The first kappa shape index (κ1) is 19.5. The van der Waals surface area contributed by atoms with Crippen LogP contribution in [-0.4, -0.2) is 10.9 Å². The van der Waals surface area contributed by atoms with E-state index in [1.807, 2.05) is 6.07 Å². The summed E-state index contributed by atoms with van der Waals surface area (Å²) in [4.78, 5) is 8.38. The minimum absolute atomic E-state index is 0.0113. The number of hydrogen-bond donors (Lipinski definition) is 4. The van der Waals surface area contributed by atoms with Crippen molar-refractivity contribution in [3.63, 3.8) is 0 Å². The highest BCUT2D eigenvalue weighted by Gasteiger charge is 2.34. The van der Waals surface area contributed by atoms with Gasteiger partial charge < -0.3 is 16.8 Å². The quantitative estimate of drug-likeness (QED) is 0.268. The van der Waals surface area contributed by atoms with Crippen LogP contribution in [0.2, 0.25) is 0 Å². The normalized spacial score (nSPS) is 15.5. The topological polar surface area (TPSA) is 149 Å². The Morgan fingerprint density at radius 1 is 1.25 bits per heavy atom. The smallest absolute Gasteiger partial charge is 0.397 e. The number of hydrogen-bond acceptors (Lipinski definition) is 8. The fourth-order valence-corrected chi connectivity index (χ4v) is 3.60. The van der Waals surface area contributed by atoms with E-state index in [-0.39, 0.29) is 38.0 Å². The minimum atomic E-state index is -4.50. The molecule has 0 amide bonds. The second kappa shape index (κ2) is 7.05. The lowest BCUT2D eigenvalue weighted by molar-refractivity contribution is -0.138. The number of nitrogen functional groups attached to an aromatic ring is 2. The Bertz CT molecular complexity index is 1080. The fraction of sp³-hybridized carbons (Fsp3) is 0.125. The standard InChI is InChI=1S/C16H10F3IN8/c17-16(18,19)8-2-1-6(3-9(8)20)12-10-11(23)7(4-21)13(24)27-14(10)28-15(26-12)25-5-22/h1-3,12H,(H6,23,24,25,26,27,28). The number of guanidine groups is 1. The molecule has 12 heteroatoms. The molecule has 1 aromatic carbocycles. The second-order valence-corrected chi connectivity index (χ2v) is 6.80. The minimum Gasteiger partial charge on any atom is -0.397 e. The Balaban J connectivity index is 2.22. The Morgan fingerprint density at radius 3 is 2.54 bits per heavy atom. The molecule has 0 aliphatic carbocycles. The molecular formula is C16H10F3IN8. The summed E-state index contributed by atoms with van der Waals surface area (Å²) >= 11 is 1.59. The molecule has 0 spiro atoms. The SMILES string of the molecule is N#CNC1=NC(c2ccc(C(F)(F)F)c(I)c2)c2c(nc(N)c(C#N)c2N)N1. The van der Waals surface area contributed by atoms with E-state index in [1.54, 1.807) is 28.8 Å². The summed E-state index contributed by atoms with van der Waals surface area (Å²) in [6, 6.07) is 4.48. The van der Waals surface area contributed by atoms with Crippen molar-refractivity contribution in [2.45, 2.75) is 12.2 Å². The van der Waals surface area contributed by atoms with Crippen LogP contribution in [0.3, 0.4) is 0 Å². The molecule has 1 aromatic heterocycles. The van der Waals surface area contributed by atoms with Gasteiger partial charge in [0.05, 0.1) is 11.3 Å². The number of halogens is 4. The number of fused-ring (bicyclic) bond motifs is 1. The monoisotopic (exact) mass is 498 g/mol. The number of pyridine rings is 1. The van der Waals surface area contributed by atoms with Gasteiger partial charge in [0.25, 0.3) is 0 Å². The Hall–Kier alpha value is -3.26. The molecule has 28 heavy (non-hydrogen) atoms. The largest absolute Gasteiger partial charge is 0.417 e. The summed E-state index contributed by atoms with van der Waals surface area (Å²) in [6.45, 7) is 0. The Kier molecular flexibility index (Phi) is 4.91. The number of anilines is 3. The van der Waals surface area contributed by atoms with Crippen LogP contribution in [0.1, 0.15) is 28.3 Å². The molecule has 0 saturated carbocycles. The number of nitrogens with one attached hydrogen (secondary N) is 2. The van der Waals surface area contributed by atoms with Crippen LogP contribution >= 0.6 is 22.6 Å². The molecule has 0 fully saturated rings. The van der Waals surface area contributed by atoms with Crippen LogP contribution in [0, 0.1) is 26.4 Å². The predicted octanol–water partition coefficient (Wildman–Crippen LogP) is 2.68. The average Bonchev–Trinajstić information content (AvgIpc) is 2.60.